The maximum Gasteiger partial charge on any atom is 0.269 e. The molecule has 3 aromatic rings. The molecule has 3 aromatic carbocycles. The summed E-state index contributed by atoms with van der Waals surface area (Å²) in [6.07, 6.45) is 1.59. The Kier molecular flexibility index (Phi) is 6.51. The van der Waals surface area contributed by atoms with Crippen molar-refractivity contribution in [2.45, 2.75) is 58.7 Å². The summed E-state index contributed by atoms with van der Waals surface area (Å²) in [7, 11) is -2.23. The molecular formula is C28H32N2O5Si. The first-order valence-corrected chi connectivity index (χ1v) is 15.2. The maximum atomic E-state index is 13.6. The number of nitro benzene ring substituents is 1. The Morgan fingerprint density at radius 2 is 1.58 bits per heavy atom. The van der Waals surface area contributed by atoms with Crippen LogP contribution in [0.15, 0.2) is 48.5 Å². The van der Waals surface area contributed by atoms with Crippen molar-refractivity contribution in [3.8, 4) is 16.9 Å². The molecule has 0 fully saturated rings. The molecule has 0 bridgehead atoms. The smallest absolute Gasteiger partial charge is 0.269 e. The van der Waals surface area contributed by atoms with Crippen molar-refractivity contribution in [3.05, 3.63) is 69.8 Å². The maximum absolute atomic E-state index is 13.6. The minimum absolute atomic E-state index is 0.00229. The Labute approximate surface area is 212 Å². The number of nitro groups is 1. The number of carbonyl (C=O) groups is 2. The van der Waals surface area contributed by atoms with E-state index in [1.54, 1.807) is 24.3 Å². The lowest BCUT2D eigenvalue weighted by Gasteiger charge is -2.37. The van der Waals surface area contributed by atoms with Crippen molar-refractivity contribution in [2.75, 3.05) is 6.54 Å². The second kappa shape index (κ2) is 9.17. The third kappa shape index (κ3) is 4.41. The molecule has 0 unspecified atom stereocenters. The van der Waals surface area contributed by atoms with Gasteiger partial charge in [0.15, 0.2) is 0 Å². The standard InChI is InChI=1S/C28H32N2O5Si/c1-7-8-15-29-26(31)21-13-14-24(35-36(5,6)28(2,3)4)22-16-19(17-23(25(21)22)27(29)32)18-9-11-20(12-10-18)30(33)34/h9-14,16-17H,7-8,15H2,1-6H3. The number of carbonyl (C=O) groups excluding carboxylic acids is 2. The summed E-state index contributed by atoms with van der Waals surface area (Å²) >= 11 is 0. The quantitative estimate of drug-likeness (QED) is 0.147. The van der Waals surface area contributed by atoms with Crippen LogP contribution in [0.25, 0.3) is 21.9 Å². The van der Waals surface area contributed by atoms with Crippen LogP contribution in [0.1, 0.15) is 61.3 Å². The van der Waals surface area contributed by atoms with Crippen molar-refractivity contribution in [1.82, 2.24) is 4.90 Å². The topological polar surface area (TPSA) is 89.8 Å². The molecule has 0 spiro atoms. The zero-order chi connectivity index (χ0) is 26.4. The molecule has 0 atom stereocenters. The molecule has 1 heterocycles. The van der Waals surface area contributed by atoms with Gasteiger partial charge in [-0.15, -0.1) is 0 Å². The van der Waals surface area contributed by atoms with Crippen molar-refractivity contribution in [1.29, 1.82) is 0 Å². The van der Waals surface area contributed by atoms with Gasteiger partial charge in [-0.2, -0.15) is 0 Å². The van der Waals surface area contributed by atoms with E-state index in [1.807, 2.05) is 19.1 Å². The molecule has 188 valence electrons. The fourth-order valence-electron chi connectivity index (χ4n) is 4.17. The Bertz CT molecular complexity index is 1370. The first-order chi connectivity index (χ1) is 16.9. The third-order valence-electron chi connectivity index (χ3n) is 7.34. The van der Waals surface area contributed by atoms with Gasteiger partial charge in [0.1, 0.15) is 5.75 Å². The molecule has 0 saturated heterocycles. The van der Waals surface area contributed by atoms with Gasteiger partial charge in [-0.25, -0.2) is 0 Å². The molecule has 0 N–H and O–H groups in total. The van der Waals surface area contributed by atoms with Crippen molar-refractivity contribution in [2.24, 2.45) is 0 Å². The van der Waals surface area contributed by atoms with Crippen LogP contribution in [-0.4, -0.2) is 36.5 Å². The van der Waals surface area contributed by atoms with Gasteiger partial charge in [0.25, 0.3) is 25.8 Å². The van der Waals surface area contributed by atoms with E-state index in [0.717, 1.165) is 24.0 Å². The average Bonchev–Trinajstić information content (AvgIpc) is 2.82. The number of rotatable bonds is 7. The second-order valence-electron chi connectivity index (χ2n) is 10.8. The SMILES string of the molecule is CCCCN1C(=O)c2ccc(O[Si](C)(C)C(C)(C)C)c3cc(-c4ccc([N+](=O)[O-])cc4)cc(c23)C1=O. The molecule has 36 heavy (non-hydrogen) atoms. The van der Waals surface area contributed by atoms with E-state index in [-0.39, 0.29) is 22.5 Å². The molecule has 0 aromatic heterocycles. The third-order valence-corrected chi connectivity index (χ3v) is 11.7. The first kappa shape index (κ1) is 25.6. The Morgan fingerprint density at radius 3 is 2.17 bits per heavy atom. The predicted molar refractivity (Wildman–Crippen MR) is 144 cm³/mol. The highest BCUT2D eigenvalue weighted by atomic mass is 28.4. The van der Waals surface area contributed by atoms with E-state index >= 15 is 0 Å². The molecule has 0 radical (unpaired) electrons. The second-order valence-corrected chi connectivity index (χ2v) is 15.6. The number of hydrogen-bond acceptors (Lipinski definition) is 5. The zero-order valence-electron chi connectivity index (χ0n) is 21.7. The Morgan fingerprint density at radius 1 is 0.944 bits per heavy atom. The van der Waals surface area contributed by atoms with E-state index in [9.17, 15) is 19.7 Å². The highest BCUT2D eigenvalue weighted by Crippen LogP contribution is 2.43. The van der Waals surface area contributed by atoms with E-state index < -0.39 is 13.2 Å². The minimum Gasteiger partial charge on any atom is -0.543 e. The zero-order valence-corrected chi connectivity index (χ0v) is 22.7. The molecule has 2 amide bonds. The van der Waals surface area contributed by atoms with Gasteiger partial charge in [-0.3, -0.25) is 24.6 Å². The van der Waals surface area contributed by atoms with Gasteiger partial charge in [0, 0.05) is 40.6 Å². The molecular weight excluding hydrogens is 472 g/mol. The molecule has 4 rings (SSSR count). The van der Waals surface area contributed by atoms with Crippen LogP contribution in [0.5, 0.6) is 5.75 Å². The fraction of sp³-hybridized carbons (Fsp3) is 0.357. The summed E-state index contributed by atoms with van der Waals surface area (Å²) < 4.78 is 6.68. The number of imide groups is 1. The van der Waals surface area contributed by atoms with E-state index in [2.05, 4.69) is 33.9 Å². The van der Waals surface area contributed by atoms with Crippen molar-refractivity contribution < 1.29 is 18.9 Å². The van der Waals surface area contributed by atoms with Crippen LogP contribution < -0.4 is 4.43 Å². The summed E-state index contributed by atoms with van der Waals surface area (Å²) in [6, 6.07) is 13.6. The molecule has 8 heteroatoms. The van der Waals surface area contributed by atoms with Gasteiger partial charge >= 0.3 is 0 Å². The number of benzene rings is 3. The van der Waals surface area contributed by atoms with Crippen LogP contribution in [0, 0.1) is 10.1 Å². The van der Waals surface area contributed by atoms with Gasteiger partial charge in [-0.1, -0.05) is 34.1 Å². The van der Waals surface area contributed by atoms with E-state index in [1.165, 1.54) is 17.0 Å². The predicted octanol–water partition coefficient (Wildman–Crippen LogP) is 7.20. The lowest BCUT2D eigenvalue weighted by Crippen LogP contribution is -2.44. The summed E-state index contributed by atoms with van der Waals surface area (Å²) in [4.78, 5) is 39.0. The van der Waals surface area contributed by atoms with Gasteiger partial charge < -0.3 is 4.43 Å². The summed E-state index contributed by atoms with van der Waals surface area (Å²) in [6.45, 7) is 13.2. The Balaban J connectivity index is 1.96. The summed E-state index contributed by atoms with van der Waals surface area (Å²) in [5.41, 5.74) is 2.42. The number of nitrogens with zero attached hydrogens (tertiary/aromatic N) is 2. The summed E-state index contributed by atoms with van der Waals surface area (Å²) in [5, 5.41) is 12.4. The number of hydrogen-bond donors (Lipinski definition) is 0. The van der Waals surface area contributed by atoms with E-state index in [4.69, 9.17) is 4.43 Å². The van der Waals surface area contributed by atoms with Crippen molar-refractivity contribution in [3.63, 3.8) is 0 Å². The number of amides is 2. The van der Waals surface area contributed by atoms with Crippen LogP contribution in [0.3, 0.4) is 0 Å². The minimum atomic E-state index is -2.23. The molecule has 1 aliphatic rings. The van der Waals surface area contributed by atoms with Crippen LogP contribution in [-0.2, 0) is 0 Å². The van der Waals surface area contributed by atoms with Crippen LogP contribution in [0.2, 0.25) is 18.1 Å². The lowest BCUT2D eigenvalue weighted by molar-refractivity contribution is -0.384. The van der Waals surface area contributed by atoms with Crippen LogP contribution in [0.4, 0.5) is 5.69 Å². The fourth-order valence-corrected chi connectivity index (χ4v) is 5.20. The normalized spacial score (nSPS) is 13.9. The molecule has 7 nitrogen and oxygen atoms in total. The van der Waals surface area contributed by atoms with Crippen LogP contribution >= 0.6 is 0 Å². The molecule has 0 aliphatic carbocycles. The summed E-state index contributed by atoms with van der Waals surface area (Å²) in [5.74, 6) is 0.0417. The highest BCUT2D eigenvalue weighted by Gasteiger charge is 2.40. The largest absolute Gasteiger partial charge is 0.543 e. The highest BCUT2D eigenvalue weighted by molar-refractivity contribution is 6.74. The molecule has 0 saturated carbocycles. The van der Waals surface area contributed by atoms with E-state index in [0.29, 0.717) is 34.2 Å². The average molecular weight is 505 g/mol. The lowest BCUT2D eigenvalue weighted by atomic mass is 9.89. The van der Waals surface area contributed by atoms with Gasteiger partial charge in [-0.05, 0) is 72.1 Å². The number of non-ortho nitro benzene ring substituents is 1. The van der Waals surface area contributed by atoms with Crippen molar-refractivity contribution >= 4 is 36.6 Å². The molecule has 1 aliphatic heterocycles. The Hall–Kier alpha value is -3.52. The van der Waals surface area contributed by atoms with Gasteiger partial charge in [0.05, 0.1) is 4.92 Å². The first-order valence-electron chi connectivity index (χ1n) is 12.3. The van der Waals surface area contributed by atoms with Gasteiger partial charge in [0.2, 0.25) is 0 Å². The number of unbranched alkanes of at least 4 members (excludes halogenated alkanes) is 1. The monoisotopic (exact) mass is 504 g/mol.